The van der Waals surface area contributed by atoms with E-state index in [4.69, 9.17) is 4.42 Å². The quantitative estimate of drug-likeness (QED) is 0.776. The lowest BCUT2D eigenvalue weighted by atomic mass is 10.2. The van der Waals surface area contributed by atoms with E-state index in [9.17, 15) is 9.59 Å². The molecule has 3 rings (SSSR count). The second-order valence-electron chi connectivity index (χ2n) is 4.24. The molecule has 1 aliphatic rings. The highest BCUT2D eigenvalue weighted by molar-refractivity contribution is 6.01. The molecule has 1 aromatic carbocycles. The predicted molar refractivity (Wildman–Crippen MR) is 64.5 cm³/mol. The van der Waals surface area contributed by atoms with Crippen LogP contribution in [0.25, 0.3) is 11.5 Å². The highest BCUT2D eigenvalue weighted by Crippen LogP contribution is 2.19. The average Bonchev–Trinajstić information content (AvgIpc) is 3.02. The number of nitrogens with zero attached hydrogens (tertiary/aromatic N) is 3. The van der Waals surface area contributed by atoms with E-state index in [1.54, 1.807) is 0 Å². The van der Waals surface area contributed by atoms with Gasteiger partial charge in [-0.15, -0.1) is 10.2 Å². The van der Waals surface area contributed by atoms with E-state index >= 15 is 0 Å². The number of rotatable bonds is 3. The monoisotopic (exact) mass is 257 g/mol. The summed E-state index contributed by atoms with van der Waals surface area (Å²) in [6, 6.07) is 9.33. The van der Waals surface area contributed by atoms with Crippen molar-refractivity contribution in [3.63, 3.8) is 0 Å². The number of hydrogen-bond donors (Lipinski definition) is 0. The molecule has 6 nitrogen and oxygen atoms in total. The fourth-order valence-corrected chi connectivity index (χ4v) is 1.95. The Bertz CT molecular complexity index is 605. The smallest absolute Gasteiger partial charge is 0.247 e. The van der Waals surface area contributed by atoms with Gasteiger partial charge in [0.05, 0.1) is 0 Å². The molecule has 0 radical (unpaired) electrons. The molecule has 0 atom stereocenters. The van der Waals surface area contributed by atoms with Crippen LogP contribution in [0.5, 0.6) is 0 Å². The number of carbonyl (C=O) groups is 2. The van der Waals surface area contributed by atoms with E-state index < -0.39 is 0 Å². The topological polar surface area (TPSA) is 76.3 Å². The number of aromatic nitrogens is 2. The third kappa shape index (κ3) is 2.24. The maximum atomic E-state index is 11.5. The Balaban J connectivity index is 1.79. The Morgan fingerprint density at radius 3 is 2.42 bits per heavy atom. The summed E-state index contributed by atoms with van der Waals surface area (Å²) in [6.07, 6.45) is 0.525. The van der Waals surface area contributed by atoms with Crippen molar-refractivity contribution in [2.75, 3.05) is 0 Å². The first-order valence-corrected chi connectivity index (χ1v) is 5.95. The van der Waals surface area contributed by atoms with Crippen LogP contribution in [-0.2, 0) is 16.1 Å². The van der Waals surface area contributed by atoms with Gasteiger partial charge >= 0.3 is 0 Å². The van der Waals surface area contributed by atoms with Crippen LogP contribution in [0.4, 0.5) is 0 Å². The van der Waals surface area contributed by atoms with Gasteiger partial charge in [-0.1, -0.05) is 18.2 Å². The zero-order valence-electron chi connectivity index (χ0n) is 10.1. The summed E-state index contributed by atoms with van der Waals surface area (Å²) in [5.41, 5.74) is 0.806. The summed E-state index contributed by atoms with van der Waals surface area (Å²) in [4.78, 5) is 24.1. The van der Waals surface area contributed by atoms with E-state index in [2.05, 4.69) is 10.2 Å². The Labute approximate surface area is 109 Å². The van der Waals surface area contributed by atoms with Crippen LogP contribution in [0.15, 0.2) is 34.7 Å². The van der Waals surface area contributed by atoms with Crippen LogP contribution < -0.4 is 0 Å². The molecular formula is C13H11N3O3. The van der Waals surface area contributed by atoms with Gasteiger partial charge in [-0.25, -0.2) is 0 Å². The maximum Gasteiger partial charge on any atom is 0.247 e. The molecule has 2 amide bonds. The summed E-state index contributed by atoms with van der Waals surface area (Å²) in [6.45, 7) is 0.0531. The van der Waals surface area contributed by atoms with E-state index in [-0.39, 0.29) is 37.1 Å². The lowest BCUT2D eigenvalue weighted by Gasteiger charge is -2.09. The number of carbonyl (C=O) groups excluding carboxylic acids is 2. The SMILES string of the molecule is O=C1CCC(=O)N1Cc1nnc(-c2ccccc2)o1. The molecule has 0 saturated carbocycles. The van der Waals surface area contributed by atoms with Crippen LogP contribution in [0, 0.1) is 0 Å². The first kappa shape index (κ1) is 11.6. The maximum absolute atomic E-state index is 11.5. The summed E-state index contributed by atoms with van der Waals surface area (Å²) >= 11 is 0. The fourth-order valence-electron chi connectivity index (χ4n) is 1.95. The second kappa shape index (κ2) is 4.64. The first-order chi connectivity index (χ1) is 9.24. The molecule has 0 bridgehead atoms. The minimum Gasteiger partial charge on any atom is -0.419 e. The van der Waals surface area contributed by atoms with Gasteiger partial charge in [0.2, 0.25) is 23.6 Å². The highest BCUT2D eigenvalue weighted by atomic mass is 16.4. The van der Waals surface area contributed by atoms with Crippen LogP contribution in [-0.4, -0.2) is 26.9 Å². The zero-order chi connectivity index (χ0) is 13.2. The highest BCUT2D eigenvalue weighted by Gasteiger charge is 2.30. The molecule has 19 heavy (non-hydrogen) atoms. The molecule has 1 aromatic heterocycles. The lowest BCUT2D eigenvalue weighted by molar-refractivity contribution is -0.139. The number of amides is 2. The van der Waals surface area contributed by atoms with Crippen LogP contribution in [0.3, 0.4) is 0 Å². The molecule has 1 saturated heterocycles. The van der Waals surface area contributed by atoms with Crippen LogP contribution >= 0.6 is 0 Å². The molecule has 96 valence electrons. The molecule has 0 aliphatic carbocycles. The number of hydrogen-bond acceptors (Lipinski definition) is 5. The first-order valence-electron chi connectivity index (χ1n) is 5.95. The predicted octanol–water partition coefficient (Wildman–Crippen LogP) is 1.39. The summed E-state index contributed by atoms with van der Waals surface area (Å²) < 4.78 is 5.46. The van der Waals surface area contributed by atoms with Crippen molar-refractivity contribution in [2.24, 2.45) is 0 Å². The minimum absolute atomic E-state index is 0.0531. The average molecular weight is 257 g/mol. The van der Waals surface area contributed by atoms with Crippen molar-refractivity contribution in [3.05, 3.63) is 36.2 Å². The normalized spacial score (nSPS) is 15.3. The third-order valence-electron chi connectivity index (χ3n) is 2.94. The number of likely N-dealkylation sites (tertiary alicyclic amines) is 1. The second-order valence-corrected chi connectivity index (χ2v) is 4.24. The van der Waals surface area contributed by atoms with Crippen LogP contribution in [0.1, 0.15) is 18.7 Å². The van der Waals surface area contributed by atoms with Crippen molar-refractivity contribution in [2.45, 2.75) is 19.4 Å². The van der Waals surface area contributed by atoms with Crippen molar-refractivity contribution < 1.29 is 14.0 Å². The Hall–Kier alpha value is -2.50. The van der Waals surface area contributed by atoms with E-state index in [1.807, 2.05) is 30.3 Å². The van der Waals surface area contributed by atoms with Crippen molar-refractivity contribution in [1.29, 1.82) is 0 Å². The van der Waals surface area contributed by atoms with Gasteiger partial charge < -0.3 is 4.42 Å². The zero-order valence-corrected chi connectivity index (χ0v) is 10.1. The molecule has 0 unspecified atom stereocenters. The summed E-state index contributed by atoms with van der Waals surface area (Å²) in [5, 5.41) is 7.77. The third-order valence-corrected chi connectivity index (χ3v) is 2.94. The fraction of sp³-hybridized carbons (Fsp3) is 0.231. The molecule has 1 fully saturated rings. The largest absolute Gasteiger partial charge is 0.419 e. The summed E-state index contributed by atoms with van der Waals surface area (Å²) in [5.74, 6) is 0.270. The number of benzene rings is 1. The van der Waals surface area contributed by atoms with Gasteiger partial charge in [0.25, 0.3) is 0 Å². The van der Waals surface area contributed by atoms with Gasteiger partial charge in [0, 0.05) is 18.4 Å². The van der Waals surface area contributed by atoms with E-state index in [0.717, 1.165) is 10.5 Å². The van der Waals surface area contributed by atoms with Crippen molar-refractivity contribution in [1.82, 2.24) is 15.1 Å². The molecule has 6 heteroatoms. The summed E-state index contributed by atoms with van der Waals surface area (Å²) in [7, 11) is 0. The Morgan fingerprint density at radius 1 is 1.05 bits per heavy atom. The standard InChI is InChI=1S/C13H11N3O3/c17-11-6-7-12(18)16(11)8-10-14-15-13(19-10)9-4-2-1-3-5-9/h1-5H,6-8H2. The molecule has 2 aromatic rings. The lowest BCUT2D eigenvalue weighted by Crippen LogP contribution is -2.28. The van der Waals surface area contributed by atoms with Gasteiger partial charge in [0.1, 0.15) is 6.54 Å². The van der Waals surface area contributed by atoms with Crippen molar-refractivity contribution >= 4 is 11.8 Å². The van der Waals surface area contributed by atoms with Crippen LogP contribution in [0.2, 0.25) is 0 Å². The molecular weight excluding hydrogens is 246 g/mol. The minimum atomic E-state index is -0.190. The van der Waals surface area contributed by atoms with E-state index in [1.165, 1.54) is 0 Å². The Morgan fingerprint density at radius 2 is 1.74 bits per heavy atom. The van der Waals surface area contributed by atoms with Gasteiger partial charge in [-0.05, 0) is 12.1 Å². The van der Waals surface area contributed by atoms with Gasteiger partial charge in [0.15, 0.2) is 0 Å². The molecule has 0 spiro atoms. The van der Waals surface area contributed by atoms with E-state index in [0.29, 0.717) is 5.89 Å². The van der Waals surface area contributed by atoms with Gasteiger partial charge in [-0.3, -0.25) is 14.5 Å². The number of imide groups is 1. The molecule has 0 N–H and O–H groups in total. The molecule has 2 heterocycles. The molecule has 1 aliphatic heterocycles. The van der Waals surface area contributed by atoms with Gasteiger partial charge in [-0.2, -0.15) is 0 Å². The van der Waals surface area contributed by atoms with Crippen molar-refractivity contribution in [3.8, 4) is 11.5 Å². The Kier molecular flexibility index (Phi) is 2.83.